The van der Waals surface area contributed by atoms with Crippen molar-refractivity contribution in [2.45, 2.75) is 13.3 Å². The highest BCUT2D eigenvalue weighted by molar-refractivity contribution is 7.71. The van der Waals surface area contributed by atoms with Crippen molar-refractivity contribution in [2.75, 3.05) is 0 Å². The smallest absolute Gasteiger partial charge is 0.184 e. The Hall–Kier alpha value is -1.92. The van der Waals surface area contributed by atoms with Gasteiger partial charge in [0.15, 0.2) is 10.4 Å². The topological polar surface area (TPSA) is 38.5 Å². The molecule has 0 aliphatic heterocycles. The molecule has 3 heterocycles. The van der Waals surface area contributed by atoms with Crippen LogP contribution in [0.4, 0.5) is 0 Å². The fraction of sp³-hybridized carbons (Fsp3) is 0.200. The third-order valence-corrected chi connectivity index (χ3v) is 4.95. The Morgan fingerprint density at radius 1 is 1.33 bits per heavy atom. The van der Waals surface area contributed by atoms with Gasteiger partial charge < -0.3 is 4.98 Å². The minimum Gasteiger partial charge on any atom is -0.327 e. The van der Waals surface area contributed by atoms with Crippen LogP contribution in [0, 0.1) is 4.77 Å². The molecule has 0 unspecified atom stereocenters. The summed E-state index contributed by atoms with van der Waals surface area (Å²) in [6, 6.07) is 8.57. The van der Waals surface area contributed by atoms with E-state index < -0.39 is 0 Å². The van der Waals surface area contributed by atoms with Crippen LogP contribution in [0.5, 0.6) is 0 Å². The Morgan fingerprint density at radius 2 is 2.19 bits per heavy atom. The summed E-state index contributed by atoms with van der Waals surface area (Å²) in [5, 5.41) is 7.92. The Balaban J connectivity index is 2.07. The van der Waals surface area contributed by atoms with E-state index in [2.05, 4.69) is 51.2 Å². The molecule has 1 aromatic carbocycles. The highest BCUT2D eigenvalue weighted by Crippen LogP contribution is 2.27. The number of nitrogens with zero attached hydrogens (tertiary/aromatic N) is 3. The standard InChI is InChI=1S/C15H14N4S2/c1-3-11-13-14(18(2)17-11)19(15(20)16-13)10-4-5-12-9(8-10)6-7-21-12/h4-8H,3H2,1-2H3,(H,16,20). The normalized spacial score (nSPS) is 11.7. The molecule has 3 aromatic heterocycles. The molecule has 0 aliphatic carbocycles. The van der Waals surface area contributed by atoms with Crippen LogP contribution in [-0.2, 0) is 13.5 Å². The van der Waals surface area contributed by atoms with Gasteiger partial charge in [-0.25, -0.2) is 4.68 Å². The van der Waals surface area contributed by atoms with Crippen molar-refractivity contribution in [3.8, 4) is 5.69 Å². The van der Waals surface area contributed by atoms with Gasteiger partial charge in [-0.05, 0) is 53.7 Å². The zero-order chi connectivity index (χ0) is 14.6. The van der Waals surface area contributed by atoms with Crippen LogP contribution in [0.1, 0.15) is 12.6 Å². The van der Waals surface area contributed by atoms with Gasteiger partial charge in [0.05, 0.1) is 11.4 Å². The number of hydrogen-bond donors (Lipinski definition) is 1. The van der Waals surface area contributed by atoms with Crippen LogP contribution in [0.15, 0.2) is 29.6 Å². The second-order valence-electron chi connectivity index (χ2n) is 5.03. The van der Waals surface area contributed by atoms with Gasteiger partial charge in [0.25, 0.3) is 0 Å². The number of aromatic amines is 1. The Kier molecular flexibility index (Phi) is 2.77. The molecule has 0 atom stereocenters. The highest BCUT2D eigenvalue weighted by Gasteiger charge is 2.15. The van der Waals surface area contributed by atoms with Gasteiger partial charge in [0, 0.05) is 11.7 Å². The number of thiophene rings is 1. The molecule has 4 aromatic rings. The average Bonchev–Trinajstić information content (AvgIpc) is 3.13. The molecule has 0 saturated carbocycles. The third kappa shape index (κ3) is 1.79. The van der Waals surface area contributed by atoms with Crippen LogP contribution >= 0.6 is 23.6 Å². The number of rotatable bonds is 2. The maximum absolute atomic E-state index is 5.53. The summed E-state index contributed by atoms with van der Waals surface area (Å²) in [7, 11) is 1.96. The predicted molar refractivity (Wildman–Crippen MR) is 90.0 cm³/mol. The Labute approximate surface area is 130 Å². The highest BCUT2D eigenvalue weighted by atomic mass is 32.1. The monoisotopic (exact) mass is 314 g/mol. The summed E-state index contributed by atoms with van der Waals surface area (Å²) in [5.74, 6) is 0. The summed E-state index contributed by atoms with van der Waals surface area (Å²) < 4.78 is 5.96. The quantitative estimate of drug-likeness (QED) is 0.563. The number of aromatic nitrogens is 4. The SMILES string of the molecule is CCc1nn(C)c2c1[nH]c(=S)n2-c1ccc2sccc2c1. The Bertz CT molecular complexity index is 1020. The van der Waals surface area contributed by atoms with Gasteiger partial charge in [-0.2, -0.15) is 5.10 Å². The van der Waals surface area contributed by atoms with Crippen LogP contribution < -0.4 is 0 Å². The van der Waals surface area contributed by atoms with Crippen molar-refractivity contribution in [1.29, 1.82) is 0 Å². The molecular formula is C15H14N4S2. The van der Waals surface area contributed by atoms with Gasteiger partial charge >= 0.3 is 0 Å². The molecule has 4 rings (SSSR count). The van der Waals surface area contributed by atoms with E-state index in [0.29, 0.717) is 4.77 Å². The second kappa shape index (κ2) is 4.54. The van der Waals surface area contributed by atoms with Gasteiger partial charge in [-0.15, -0.1) is 11.3 Å². The lowest BCUT2D eigenvalue weighted by molar-refractivity contribution is 0.748. The lowest BCUT2D eigenvalue weighted by atomic mass is 10.2. The van der Waals surface area contributed by atoms with Crippen LogP contribution in [-0.4, -0.2) is 19.3 Å². The number of hydrogen-bond acceptors (Lipinski definition) is 3. The van der Waals surface area contributed by atoms with Gasteiger partial charge in [0.1, 0.15) is 5.52 Å². The minimum atomic E-state index is 0.710. The first-order valence-corrected chi connectivity index (χ1v) is 8.12. The van der Waals surface area contributed by atoms with Crippen molar-refractivity contribution in [3.05, 3.63) is 40.1 Å². The predicted octanol–water partition coefficient (Wildman–Crippen LogP) is 4.20. The maximum Gasteiger partial charge on any atom is 0.184 e. The molecule has 0 fully saturated rings. The number of imidazole rings is 1. The lowest BCUT2D eigenvalue weighted by Crippen LogP contribution is -2.00. The van der Waals surface area contributed by atoms with E-state index in [0.717, 1.165) is 29.0 Å². The number of fused-ring (bicyclic) bond motifs is 2. The van der Waals surface area contributed by atoms with Crippen LogP contribution in [0.25, 0.3) is 26.9 Å². The molecule has 0 amide bonds. The van der Waals surface area contributed by atoms with E-state index in [1.807, 2.05) is 11.7 Å². The van der Waals surface area contributed by atoms with E-state index in [4.69, 9.17) is 12.2 Å². The molecule has 6 heteroatoms. The summed E-state index contributed by atoms with van der Waals surface area (Å²) in [4.78, 5) is 3.30. The number of H-pyrrole nitrogens is 1. The molecular weight excluding hydrogens is 300 g/mol. The third-order valence-electron chi connectivity index (χ3n) is 3.77. The molecule has 1 N–H and O–H groups in total. The Morgan fingerprint density at radius 3 is 3.00 bits per heavy atom. The van der Waals surface area contributed by atoms with Gasteiger partial charge in [0.2, 0.25) is 0 Å². The minimum absolute atomic E-state index is 0.710. The van der Waals surface area contributed by atoms with Crippen molar-refractivity contribution in [3.63, 3.8) is 0 Å². The fourth-order valence-corrected chi connectivity index (χ4v) is 3.86. The molecule has 0 spiro atoms. The lowest BCUT2D eigenvalue weighted by Gasteiger charge is -2.05. The van der Waals surface area contributed by atoms with E-state index in [9.17, 15) is 0 Å². The summed E-state index contributed by atoms with van der Waals surface area (Å²) >= 11 is 7.28. The largest absolute Gasteiger partial charge is 0.327 e. The van der Waals surface area contributed by atoms with Crippen LogP contribution in [0.2, 0.25) is 0 Å². The second-order valence-corrected chi connectivity index (χ2v) is 6.37. The molecule has 21 heavy (non-hydrogen) atoms. The fourth-order valence-electron chi connectivity index (χ4n) is 2.79. The van der Waals surface area contributed by atoms with Crippen molar-refractivity contribution >= 4 is 44.8 Å². The average molecular weight is 314 g/mol. The van der Waals surface area contributed by atoms with Crippen molar-refractivity contribution in [1.82, 2.24) is 19.3 Å². The molecule has 106 valence electrons. The van der Waals surface area contributed by atoms with E-state index >= 15 is 0 Å². The molecule has 0 aliphatic rings. The molecule has 0 bridgehead atoms. The summed E-state index contributed by atoms with van der Waals surface area (Å²) in [6.45, 7) is 2.10. The van der Waals surface area contributed by atoms with E-state index in [-0.39, 0.29) is 0 Å². The number of aryl methyl sites for hydroxylation is 2. The van der Waals surface area contributed by atoms with Gasteiger partial charge in [-0.3, -0.25) is 4.57 Å². The van der Waals surface area contributed by atoms with E-state index in [1.54, 1.807) is 11.3 Å². The summed E-state index contributed by atoms with van der Waals surface area (Å²) in [5.41, 5.74) is 4.18. The molecule has 4 nitrogen and oxygen atoms in total. The number of benzene rings is 1. The summed E-state index contributed by atoms with van der Waals surface area (Å²) in [6.07, 6.45) is 0.885. The van der Waals surface area contributed by atoms with Crippen LogP contribution in [0.3, 0.4) is 0 Å². The van der Waals surface area contributed by atoms with Crippen molar-refractivity contribution in [2.24, 2.45) is 7.05 Å². The first-order chi connectivity index (χ1) is 10.2. The zero-order valence-electron chi connectivity index (χ0n) is 11.8. The van der Waals surface area contributed by atoms with E-state index in [1.165, 1.54) is 10.1 Å². The first kappa shape index (κ1) is 12.8. The molecule has 0 saturated heterocycles. The van der Waals surface area contributed by atoms with Crippen molar-refractivity contribution < 1.29 is 0 Å². The maximum atomic E-state index is 5.53. The van der Waals surface area contributed by atoms with Gasteiger partial charge in [-0.1, -0.05) is 6.92 Å². The first-order valence-electron chi connectivity index (χ1n) is 6.83. The molecule has 0 radical (unpaired) electrons. The number of nitrogens with one attached hydrogen (secondary N) is 1. The zero-order valence-corrected chi connectivity index (χ0v) is 13.4.